The van der Waals surface area contributed by atoms with Gasteiger partial charge >= 0.3 is 0 Å². The van der Waals surface area contributed by atoms with Gasteiger partial charge in [0.2, 0.25) is 0 Å². The first kappa shape index (κ1) is 21.2. The van der Waals surface area contributed by atoms with Gasteiger partial charge < -0.3 is 19.5 Å². The first-order chi connectivity index (χ1) is 15.1. The summed E-state index contributed by atoms with van der Waals surface area (Å²) in [5, 5.41) is 7.24. The molecule has 1 aromatic carbocycles. The normalized spacial score (nSPS) is 22.8. The van der Waals surface area contributed by atoms with Gasteiger partial charge in [0.25, 0.3) is 11.8 Å². The number of aryl methyl sites for hydroxylation is 2. The number of carbonyl (C=O) groups excluding carboxylic acids is 2. The van der Waals surface area contributed by atoms with E-state index in [1.54, 1.807) is 13.0 Å². The highest BCUT2D eigenvalue weighted by Crippen LogP contribution is 2.27. The number of likely N-dealkylation sites (tertiary alicyclic amines) is 1. The van der Waals surface area contributed by atoms with Crippen molar-refractivity contribution in [1.82, 2.24) is 15.4 Å². The van der Waals surface area contributed by atoms with E-state index in [1.807, 2.05) is 30.0 Å². The molecule has 164 valence electrons. The molecule has 2 aliphatic rings. The van der Waals surface area contributed by atoms with Crippen LogP contribution in [-0.4, -0.2) is 47.1 Å². The molecule has 0 spiro atoms. The Hall–Kier alpha value is -3.09. The number of ether oxygens (including phenoxy) is 1. The first-order valence-electron chi connectivity index (χ1n) is 11.0. The van der Waals surface area contributed by atoms with Gasteiger partial charge in [0, 0.05) is 12.6 Å². The van der Waals surface area contributed by atoms with Crippen LogP contribution in [-0.2, 0) is 6.42 Å². The van der Waals surface area contributed by atoms with Crippen molar-refractivity contribution in [2.75, 3.05) is 13.2 Å². The number of benzene rings is 1. The number of piperidine rings is 1. The molecule has 2 aliphatic heterocycles. The molecule has 4 rings (SSSR count). The van der Waals surface area contributed by atoms with Gasteiger partial charge in [-0.25, -0.2) is 0 Å². The topological polar surface area (TPSA) is 84.7 Å². The molecule has 3 heterocycles. The summed E-state index contributed by atoms with van der Waals surface area (Å²) in [4.78, 5) is 28.5. The third-order valence-corrected chi connectivity index (χ3v) is 6.06. The van der Waals surface area contributed by atoms with Crippen LogP contribution in [0.2, 0.25) is 0 Å². The summed E-state index contributed by atoms with van der Waals surface area (Å²) in [5.74, 6) is 0.897. The number of rotatable bonds is 2. The molecule has 1 saturated heterocycles. The van der Waals surface area contributed by atoms with Gasteiger partial charge in [0.15, 0.2) is 0 Å². The van der Waals surface area contributed by atoms with Gasteiger partial charge in [-0.2, -0.15) is 0 Å². The fraction of sp³-hybridized carbons (Fsp3) is 0.458. The van der Waals surface area contributed by atoms with Crippen LogP contribution in [0.1, 0.15) is 64.8 Å². The van der Waals surface area contributed by atoms with Crippen LogP contribution < -0.4 is 10.1 Å². The fourth-order valence-corrected chi connectivity index (χ4v) is 4.46. The van der Waals surface area contributed by atoms with Crippen molar-refractivity contribution in [1.29, 1.82) is 0 Å². The van der Waals surface area contributed by atoms with E-state index in [0.29, 0.717) is 54.3 Å². The predicted octanol–water partition coefficient (Wildman–Crippen LogP) is 3.68. The second kappa shape index (κ2) is 9.37. The van der Waals surface area contributed by atoms with Gasteiger partial charge in [0.05, 0.1) is 23.9 Å². The zero-order valence-electron chi connectivity index (χ0n) is 18.1. The van der Waals surface area contributed by atoms with Crippen molar-refractivity contribution in [3.63, 3.8) is 0 Å². The summed E-state index contributed by atoms with van der Waals surface area (Å²) < 4.78 is 11.1. The Morgan fingerprint density at radius 3 is 2.97 bits per heavy atom. The summed E-state index contributed by atoms with van der Waals surface area (Å²) in [6.07, 6.45) is 7.86. The van der Waals surface area contributed by atoms with Crippen molar-refractivity contribution < 1.29 is 18.8 Å². The van der Waals surface area contributed by atoms with Crippen molar-refractivity contribution in [3.8, 4) is 5.75 Å². The Balaban J connectivity index is 1.65. The number of fused-ring (bicyclic) bond motifs is 2. The zero-order valence-corrected chi connectivity index (χ0v) is 18.1. The monoisotopic (exact) mass is 423 g/mol. The molecule has 31 heavy (non-hydrogen) atoms. The Kier molecular flexibility index (Phi) is 6.39. The lowest BCUT2D eigenvalue weighted by Crippen LogP contribution is -2.57. The summed E-state index contributed by atoms with van der Waals surface area (Å²) in [6.45, 7) is 4.89. The van der Waals surface area contributed by atoms with Gasteiger partial charge in [-0.05, 0) is 51.2 Å². The number of para-hydroxylation sites is 1. The van der Waals surface area contributed by atoms with E-state index in [1.165, 1.54) is 0 Å². The molecule has 1 aromatic heterocycles. The number of nitrogens with one attached hydrogen (secondary N) is 1. The molecule has 7 nitrogen and oxygen atoms in total. The average molecular weight is 424 g/mol. The molecule has 2 amide bonds. The molecule has 1 fully saturated rings. The maximum Gasteiger partial charge on any atom is 0.259 e. The molecular formula is C24H29N3O4. The molecule has 2 atom stereocenters. The third kappa shape index (κ3) is 4.36. The van der Waals surface area contributed by atoms with Crippen molar-refractivity contribution in [2.24, 2.45) is 0 Å². The SMILES string of the molecule is CCc1noc(C)c1C(=O)N1CCC[C@@H]2NC(=O)c3ccccc3OCC/C=C/C[C@@H]21. The average Bonchev–Trinajstić information content (AvgIpc) is 3.16. The van der Waals surface area contributed by atoms with Crippen LogP contribution in [0.4, 0.5) is 0 Å². The predicted molar refractivity (Wildman–Crippen MR) is 116 cm³/mol. The zero-order chi connectivity index (χ0) is 21.8. The number of hydrogen-bond donors (Lipinski definition) is 1. The Morgan fingerprint density at radius 1 is 1.29 bits per heavy atom. The molecule has 0 saturated carbocycles. The molecule has 1 N–H and O–H groups in total. The number of hydrogen-bond acceptors (Lipinski definition) is 5. The summed E-state index contributed by atoms with van der Waals surface area (Å²) in [6, 6.07) is 7.02. The lowest BCUT2D eigenvalue weighted by atomic mass is 9.91. The fourth-order valence-electron chi connectivity index (χ4n) is 4.46. The molecule has 0 unspecified atom stereocenters. The second-order valence-electron chi connectivity index (χ2n) is 8.04. The smallest absolute Gasteiger partial charge is 0.259 e. The number of carbonyl (C=O) groups is 2. The molecule has 2 aromatic rings. The van der Waals surface area contributed by atoms with Crippen LogP contribution in [0, 0.1) is 6.92 Å². The second-order valence-corrected chi connectivity index (χ2v) is 8.04. The van der Waals surface area contributed by atoms with Gasteiger partial charge in [-0.3, -0.25) is 9.59 Å². The largest absolute Gasteiger partial charge is 0.492 e. The minimum absolute atomic E-state index is 0.0659. The van der Waals surface area contributed by atoms with Crippen LogP contribution in [0.5, 0.6) is 5.75 Å². The van der Waals surface area contributed by atoms with E-state index >= 15 is 0 Å². The maximum absolute atomic E-state index is 13.5. The summed E-state index contributed by atoms with van der Waals surface area (Å²) >= 11 is 0. The van der Waals surface area contributed by atoms with Gasteiger partial charge in [-0.1, -0.05) is 36.4 Å². The first-order valence-corrected chi connectivity index (χ1v) is 11.0. The lowest BCUT2D eigenvalue weighted by molar-refractivity contribution is 0.0528. The van der Waals surface area contributed by atoms with Crippen LogP contribution in [0.25, 0.3) is 0 Å². The number of nitrogens with zero attached hydrogens (tertiary/aromatic N) is 2. The van der Waals surface area contributed by atoms with E-state index < -0.39 is 0 Å². The van der Waals surface area contributed by atoms with Crippen LogP contribution in [0.15, 0.2) is 40.9 Å². The van der Waals surface area contributed by atoms with Crippen molar-refractivity contribution >= 4 is 11.8 Å². The lowest BCUT2D eigenvalue weighted by Gasteiger charge is -2.41. The molecule has 0 radical (unpaired) electrons. The van der Waals surface area contributed by atoms with E-state index in [9.17, 15) is 9.59 Å². The number of aromatic nitrogens is 1. The van der Waals surface area contributed by atoms with Gasteiger partial charge in [0.1, 0.15) is 17.1 Å². The number of amides is 2. The Morgan fingerprint density at radius 2 is 2.13 bits per heavy atom. The Bertz CT molecular complexity index is 981. The van der Waals surface area contributed by atoms with Crippen LogP contribution >= 0.6 is 0 Å². The molecule has 0 aliphatic carbocycles. The highest BCUT2D eigenvalue weighted by molar-refractivity contribution is 5.98. The van der Waals surface area contributed by atoms with Gasteiger partial charge in [-0.15, -0.1) is 0 Å². The summed E-state index contributed by atoms with van der Waals surface area (Å²) in [5.41, 5.74) is 1.77. The Labute approximate surface area is 182 Å². The molecular weight excluding hydrogens is 394 g/mol. The highest BCUT2D eigenvalue weighted by atomic mass is 16.5. The van der Waals surface area contributed by atoms with E-state index in [-0.39, 0.29) is 23.9 Å². The van der Waals surface area contributed by atoms with Crippen molar-refractivity contribution in [3.05, 3.63) is 59.0 Å². The standard InChI is InChI=1S/C24H29N3O4/c1-3-18-22(16(2)31-26-18)24(29)27-14-9-11-19-20(27)12-5-4-8-15-30-21-13-7-6-10-17(21)23(28)25-19/h4-7,10,13,19-20H,3,8-9,11-12,14-15H2,1-2H3,(H,25,28)/b5-4+/t19-,20-/m0/s1. The minimum Gasteiger partial charge on any atom is -0.492 e. The molecule has 7 heteroatoms. The quantitative estimate of drug-likeness (QED) is 0.745. The van der Waals surface area contributed by atoms with Crippen molar-refractivity contribution in [2.45, 2.75) is 58.0 Å². The van der Waals surface area contributed by atoms with E-state index in [2.05, 4.69) is 22.6 Å². The molecule has 0 bridgehead atoms. The van der Waals surface area contributed by atoms with Crippen LogP contribution in [0.3, 0.4) is 0 Å². The summed E-state index contributed by atoms with van der Waals surface area (Å²) in [7, 11) is 0. The maximum atomic E-state index is 13.5. The minimum atomic E-state index is -0.167. The highest BCUT2D eigenvalue weighted by Gasteiger charge is 2.37. The van der Waals surface area contributed by atoms with E-state index in [0.717, 1.165) is 19.3 Å². The third-order valence-electron chi connectivity index (χ3n) is 6.06. The van der Waals surface area contributed by atoms with E-state index in [4.69, 9.17) is 9.26 Å².